The Balaban J connectivity index is 2.30. The van der Waals surface area contributed by atoms with Crippen LogP contribution in [0.5, 0.6) is 0 Å². The lowest BCUT2D eigenvalue weighted by atomic mass is 10.1. The molecule has 0 unspecified atom stereocenters. The molecule has 1 fully saturated rings. The molecule has 0 radical (unpaired) electrons. The average Bonchev–Trinajstić information content (AvgIpc) is 2.40. The Morgan fingerprint density at radius 2 is 1.76 bits per heavy atom. The van der Waals surface area contributed by atoms with Crippen molar-refractivity contribution in [2.45, 2.75) is 43.5 Å². The molecule has 21 heavy (non-hydrogen) atoms. The summed E-state index contributed by atoms with van der Waals surface area (Å²) in [4.78, 5) is 0.234. The van der Waals surface area contributed by atoms with Crippen LogP contribution in [0.3, 0.4) is 0 Å². The predicted octanol–water partition coefficient (Wildman–Crippen LogP) is 3.01. The number of sulfonamides is 1. The smallest absolute Gasteiger partial charge is 0.244 e. The van der Waals surface area contributed by atoms with Crippen LogP contribution >= 0.6 is 11.6 Å². The number of halogens is 1. The van der Waals surface area contributed by atoms with E-state index in [9.17, 15) is 8.42 Å². The average molecular weight is 331 g/mol. The van der Waals surface area contributed by atoms with E-state index in [-0.39, 0.29) is 4.90 Å². The second-order valence-corrected chi connectivity index (χ2v) is 7.78. The van der Waals surface area contributed by atoms with Crippen LogP contribution in [-0.2, 0) is 16.6 Å². The van der Waals surface area contributed by atoms with Crippen molar-refractivity contribution < 1.29 is 8.42 Å². The summed E-state index contributed by atoms with van der Waals surface area (Å²) < 4.78 is 27.3. The standard InChI is InChI=1S/C15H23ClN2O2S/c1-17-12-13-7-8-14(16)15(11-13)21(19,20)18-9-5-3-2-4-6-10-18/h7-8,11,17H,2-6,9-10,12H2,1H3. The van der Waals surface area contributed by atoms with Crippen molar-refractivity contribution in [2.75, 3.05) is 20.1 Å². The first-order chi connectivity index (χ1) is 10.1. The normalized spacial score (nSPS) is 18.2. The minimum absolute atomic E-state index is 0.234. The van der Waals surface area contributed by atoms with Gasteiger partial charge in [0.05, 0.1) is 5.02 Å². The van der Waals surface area contributed by atoms with Crippen LogP contribution in [0.4, 0.5) is 0 Å². The Kier molecular flexibility index (Phi) is 6.05. The van der Waals surface area contributed by atoms with E-state index in [0.717, 1.165) is 31.2 Å². The molecule has 1 saturated heterocycles. The maximum atomic E-state index is 12.9. The van der Waals surface area contributed by atoms with Gasteiger partial charge in [0.25, 0.3) is 0 Å². The van der Waals surface area contributed by atoms with Gasteiger partial charge in [-0.1, -0.05) is 36.9 Å². The lowest BCUT2D eigenvalue weighted by Gasteiger charge is -2.24. The Morgan fingerprint density at radius 1 is 1.14 bits per heavy atom. The van der Waals surface area contributed by atoms with Crippen molar-refractivity contribution in [1.82, 2.24) is 9.62 Å². The molecule has 0 saturated carbocycles. The van der Waals surface area contributed by atoms with Crippen molar-refractivity contribution >= 4 is 21.6 Å². The molecule has 1 heterocycles. The van der Waals surface area contributed by atoms with Gasteiger partial charge in [-0.15, -0.1) is 0 Å². The van der Waals surface area contributed by atoms with Crippen molar-refractivity contribution in [1.29, 1.82) is 0 Å². The molecule has 118 valence electrons. The first-order valence-corrected chi connectivity index (χ1v) is 9.30. The van der Waals surface area contributed by atoms with Crippen LogP contribution in [0.2, 0.25) is 5.02 Å². The minimum Gasteiger partial charge on any atom is -0.316 e. The predicted molar refractivity (Wildman–Crippen MR) is 86.1 cm³/mol. The van der Waals surface area contributed by atoms with Gasteiger partial charge in [-0.05, 0) is 37.6 Å². The van der Waals surface area contributed by atoms with Gasteiger partial charge in [0.2, 0.25) is 10.0 Å². The molecule has 4 nitrogen and oxygen atoms in total. The van der Waals surface area contributed by atoms with Gasteiger partial charge in [-0.25, -0.2) is 8.42 Å². The molecule has 0 aliphatic carbocycles. The second-order valence-electron chi connectivity index (χ2n) is 5.47. The summed E-state index contributed by atoms with van der Waals surface area (Å²) in [6, 6.07) is 5.21. The highest BCUT2D eigenvalue weighted by molar-refractivity contribution is 7.89. The molecule has 2 rings (SSSR count). The van der Waals surface area contributed by atoms with Gasteiger partial charge in [0.15, 0.2) is 0 Å². The molecule has 1 aromatic rings. The van der Waals surface area contributed by atoms with Crippen molar-refractivity contribution in [3.8, 4) is 0 Å². The van der Waals surface area contributed by atoms with Crippen LogP contribution in [-0.4, -0.2) is 32.9 Å². The SMILES string of the molecule is CNCc1ccc(Cl)c(S(=O)(=O)N2CCCCCCC2)c1. The van der Waals surface area contributed by atoms with E-state index in [0.29, 0.717) is 24.7 Å². The number of hydrogen-bond donors (Lipinski definition) is 1. The Labute approximate surface area is 132 Å². The zero-order chi connectivity index (χ0) is 15.3. The summed E-state index contributed by atoms with van der Waals surface area (Å²) in [7, 11) is -1.67. The zero-order valence-electron chi connectivity index (χ0n) is 12.4. The minimum atomic E-state index is -3.50. The highest BCUT2D eigenvalue weighted by atomic mass is 35.5. The molecular formula is C15H23ClN2O2S. The second kappa shape index (κ2) is 7.58. The lowest BCUT2D eigenvalue weighted by molar-refractivity contribution is 0.364. The van der Waals surface area contributed by atoms with Gasteiger partial charge in [0, 0.05) is 19.6 Å². The molecule has 1 aliphatic heterocycles. The molecule has 1 aromatic carbocycles. The molecule has 0 bridgehead atoms. The third kappa shape index (κ3) is 4.19. The zero-order valence-corrected chi connectivity index (χ0v) is 14.0. The van der Waals surface area contributed by atoms with Crippen LogP contribution in [0.25, 0.3) is 0 Å². The van der Waals surface area contributed by atoms with Crippen molar-refractivity contribution in [3.63, 3.8) is 0 Å². The van der Waals surface area contributed by atoms with Crippen LogP contribution in [0.15, 0.2) is 23.1 Å². The number of nitrogens with one attached hydrogen (secondary N) is 1. The monoisotopic (exact) mass is 330 g/mol. The van der Waals surface area contributed by atoms with Gasteiger partial charge < -0.3 is 5.32 Å². The van der Waals surface area contributed by atoms with Gasteiger partial charge in [0.1, 0.15) is 4.90 Å². The topological polar surface area (TPSA) is 49.4 Å². The molecule has 0 spiro atoms. The van der Waals surface area contributed by atoms with E-state index in [1.165, 1.54) is 6.42 Å². The first kappa shape index (κ1) is 16.7. The van der Waals surface area contributed by atoms with Gasteiger partial charge in [-0.3, -0.25) is 0 Å². The molecule has 0 atom stereocenters. The van der Waals surface area contributed by atoms with E-state index >= 15 is 0 Å². The first-order valence-electron chi connectivity index (χ1n) is 7.49. The molecule has 1 aliphatic rings. The van der Waals surface area contributed by atoms with E-state index in [1.54, 1.807) is 16.4 Å². The Bertz CT molecular complexity index is 567. The third-order valence-electron chi connectivity index (χ3n) is 3.81. The maximum Gasteiger partial charge on any atom is 0.244 e. The van der Waals surface area contributed by atoms with Crippen LogP contribution in [0.1, 0.15) is 37.7 Å². The van der Waals surface area contributed by atoms with Crippen LogP contribution in [0, 0.1) is 0 Å². The number of benzene rings is 1. The highest BCUT2D eigenvalue weighted by Gasteiger charge is 2.27. The summed E-state index contributed by atoms with van der Waals surface area (Å²) in [5.41, 5.74) is 0.924. The van der Waals surface area contributed by atoms with E-state index in [4.69, 9.17) is 11.6 Å². The highest BCUT2D eigenvalue weighted by Crippen LogP contribution is 2.27. The Hall–Kier alpha value is -0.620. The molecule has 0 amide bonds. The fraction of sp³-hybridized carbons (Fsp3) is 0.600. The fourth-order valence-electron chi connectivity index (χ4n) is 2.66. The molecule has 1 N–H and O–H groups in total. The summed E-state index contributed by atoms with van der Waals surface area (Å²) >= 11 is 6.15. The summed E-state index contributed by atoms with van der Waals surface area (Å²) in [6.45, 7) is 1.81. The van der Waals surface area contributed by atoms with E-state index < -0.39 is 10.0 Å². The number of nitrogens with zero attached hydrogens (tertiary/aromatic N) is 1. The molecule has 0 aromatic heterocycles. The Morgan fingerprint density at radius 3 is 2.38 bits per heavy atom. The van der Waals surface area contributed by atoms with Gasteiger partial charge in [-0.2, -0.15) is 4.31 Å². The third-order valence-corrected chi connectivity index (χ3v) is 6.19. The summed E-state index contributed by atoms with van der Waals surface area (Å²) in [5.74, 6) is 0. The van der Waals surface area contributed by atoms with Crippen molar-refractivity contribution in [3.05, 3.63) is 28.8 Å². The van der Waals surface area contributed by atoms with Crippen LogP contribution < -0.4 is 5.32 Å². The molecular weight excluding hydrogens is 308 g/mol. The number of rotatable bonds is 4. The number of hydrogen-bond acceptors (Lipinski definition) is 3. The van der Waals surface area contributed by atoms with E-state index in [2.05, 4.69) is 5.32 Å². The molecule has 6 heteroatoms. The maximum absolute atomic E-state index is 12.9. The summed E-state index contributed by atoms with van der Waals surface area (Å²) in [5, 5.41) is 3.33. The fourth-order valence-corrected chi connectivity index (χ4v) is 4.70. The van der Waals surface area contributed by atoms with E-state index in [1.807, 2.05) is 13.1 Å². The van der Waals surface area contributed by atoms with Crippen molar-refractivity contribution in [2.24, 2.45) is 0 Å². The quantitative estimate of drug-likeness (QED) is 0.923. The van der Waals surface area contributed by atoms with Gasteiger partial charge >= 0.3 is 0 Å². The lowest BCUT2D eigenvalue weighted by Crippen LogP contribution is -2.34. The largest absolute Gasteiger partial charge is 0.316 e. The summed E-state index contributed by atoms with van der Waals surface area (Å²) in [6.07, 6.45) is 5.24.